The molecule has 1 aliphatic heterocycles. The third kappa shape index (κ3) is 3.63. The average Bonchev–Trinajstić information content (AvgIpc) is 2.26. The number of carboxylic acids is 1. The normalized spacial score (nSPS) is 16.1. The summed E-state index contributed by atoms with van der Waals surface area (Å²) >= 11 is 0. The molecule has 0 spiro atoms. The van der Waals surface area contributed by atoms with Gasteiger partial charge in [-0.15, -0.1) is 0 Å². The van der Waals surface area contributed by atoms with Gasteiger partial charge < -0.3 is 9.84 Å². The molecule has 0 aromatic rings. The van der Waals surface area contributed by atoms with E-state index in [2.05, 4.69) is 20.4 Å². The van der Waals surface area contributed by atoms with Crippen LogP contribution in [0.5, 0.6) is 0 Å². The topological polar surface area (TPSA) is 46.5 Å². The van der Waals surface area contributed by atoms with E-state index in [4.69, 9.17) is 9.84 Å². The maximum Gasteiger partial charge on any atom is 0.335 e. The van der Waals surface area contributed by atoms with Crippen LogP contribution in [0.4, 0.5) is 0 Å². The average molecular weight is 234 g/mol. The zero-order valence-electron chi connectivity index (χ0n) is 10.5. The lowest BCUT2D eigenvalue weighted by atomic mass is 10.0. The minimum atomic E-state index is -0.932. The van der Waals surface area contributed by atoms with Crippen LogP contribution in [-0.2, 0) is 9.53 Å². The predicted molar refractivity (Wildman–Crippen MR) is 67.5 cm³/mol. The van der Waals surface area contributed by atoms with Crippen molar-refractivity contribution in [2.45, 2.75) is 20.8 Å². The summed E-state index contributed by atoms with van der Waals surface area (Å²) in [5.41, 5.74) is 2.12. The fourth-order valence-corrected chi connectivity index (χ4v) is 1.32. The first-order valence-electron chi connectivity index (χ1n) is 5.56. The van der Waals surface area contributed by atoms with Crippen LogP contribution < -0.4 is 0 Å². The highest BCUT2D eigenvalue weighted by Gasteiger charge is 2.14. The highest BCUT2D eigenvalue weighted by molar-refractivity contribution is 5.87. The van der Waals surface area contributed by atoms with E-state index in [0.717, 1.165) is 11.1 Å². The Labute approximate surface area is 102 Å². The third-order valence-corrected chi connectivity index (χ3v) is 2.63. The molecule has 0 saturated carbocycles. The first kappa shape index (κ1) is 13.3. The molecule has 3 nitrogen and oxygen atoms in total. The summed E-state index contributed by atoms with van der Waals surface area (Å²) in [5.74, 6) is 0.164. The lowest BCUT2D eigenvalue weighted by molar-refractivity contribution is -0.133. The van der Waals surface area contributed by atoms with Crippen LogP contribution in [0.1, 0.15) is 20.8 Å². The van der Waals surface area contributed by atoms with Crippen molar-refractivity contribution in [3.05, 3.63) is 47.3 Å². The van der Waals surface area contributed by atoms with E-state index >= 15 is 0 Å². The van der Waals surface area contributed by atoms with Gasteiger partial charge in [-0.05, 0) is 30.6 Å². The van der Waals surface area contributed by atoms with Crippen molar-refractivity contribution >= 4 is 5.97 Å². The second-order valence-electron chi connectivity index (χ2n) is 4.37. The molecule has 0 saturated heterocycles. The highest BCUT2D eigenvalue weighted by atomic mass is 16.5. The first-order chi connectivity index (χ1) is 7.91. The molecule has 1 N–H and O–H groups in total. The molecule has 0 aromatic carbocycles. The van der Waals surface area contributed by atoms with E-state index in [1.54, 1.807) is 6.08 Å². The summed E-state index contributed by atoms with van der Waals surface area (Å²) in [6.07, 6.45) is 5.39. The van der Waals surface area contributed by atoms with Crippen LogP contribution in [-0.4, -0.2) is 17.7 Å². The predicted octanol–water partition coefficient (Wildman–Crippen LogP) is 3.07. The van der Waals surface area contributed by atoms with Crippen molar-refractivity contribution < 1.29 is 14.6 Å². The minimum Gasteiger partial charge on any atom is -0.488 e. The third-order valence-electron chi connectivity index (χ3n) is 2.63. The van der Waals surface area contributed by atoms with E-state index in [0.29, 0.717) is 11.7 Å². The van der Waals surface area contributed by atoms with Gasteiger partial charge in [0.05, 0.1) is 5.57 Å². The standard InChI is InChI=1S/C14H18O3/c1-9(2)10(3)5-6-13-11(4)7-12(8-17-13)14(15)16/h5-7,9H,3,8H2,1-2,4H3,(H,15,16)/b6-5-. The van der Waals surface area contributed by atoms with Crippen molar-refractivity contribution in [2.75, 3.05) is 6.61 Å². The number of carboxylic acid groups (broad SMARTS) is 1. The lowest BCUT2D eigenvalue weighted by Crippen LogP contribution is -2.12. The summed E-state index contributed by atoms with van der Waals surface area (Å²) < 4.78 is 5.40. The zero-order valence-corrected chi connectivity index (χ0v) is 10.5. The monoisotopic (exact) mass is 234 g/mol. The molecule has 0 fully saturated rings. The fraction of sp³-hybridized carbons (Fsp3) is 0.357. The number of hydrogen-bond acceptors (Lipinski definition) is 2. The van der Waals surface area contributed by atoms with Gasteiger partial charge in [0.1, 0.15) is 12.4 Å². The molecular weight excluding hydrogens is 216 g/mol. The van der Waals surface area contributed by atoms with Gasteiger partial charge in [-0.3, -0.25) is 0 Å². The molecular formula is C14H18O3. The highest BCUT2D eigenvalue weighted by Crippen LogP contribution is 2.20. The molecule has 17 heavy (non-hydrogen) atoms. The molecule has 0 atom stereocenters. The van der Waals surface area contributed by atoms with Gasteiger partial charge in [0, 0.05) is 0 Å². The summed E-state index contributed by atoms with van der Waals surface area (Å²) in [5, 5.41) is 8.83. The number of aliphatic carboxylic acids is 1. The second kappa shape index (κ2) is 5.53. The van der Waals surface area contributed by atoms with Crippen molar-refractivity contribution in [3.8, 4) is 0 Å². The van der Waals surface area contributed by atoms with Crippen LogP contribution in [0.15, 0.2) is 47.3 Å². The Morgan fingerprint density at radius 3 is 2.71 bits per heavy atom. The number of ether oxygens (including phenoxy) is 1. The van der Waals surface area contributed by atoms with Crippen LogP contribution in [0, 0.1) is 5.92 Å². The van der Waals surface area contributed by atoms with Gasteiger partial charge in [0.25, 0.3) is 0 Å². The van der Waals surface area contributed by atoms with Crippen LogP contribution >= 0.6 is 0 Å². The largest absolute Gasteiger partial charge is 0.488 e. The molecule has 0 radical (unpaired) electrons. The van der Waals surface area contributed by atoms with Crippen LogP contribution in [0.25, 0.3) is 0 Å². The summed E-state index contributed by atoms with van der Waals surface area (Å²) in [7, 11) is 0. The number of carbonyl (C=O) groups is 1. The Bertz CT molecular complexity index is 423. The van der Waals surface area contributed by atoms with E-state index in [9.17, 15) is 4.79 Å². The molecule has 1 aliphatic rings. The Kier molecular flexibility index (Phi) is 4.32. The Balaban J connectivity index is 2.83. The van der Waals surface area contributed by atoms with Crippen molar-refractivity contribution in [3.63, 3.8) is 0 Å². The van der Waals surface area contributed by atoms with E-state index in [1.807, 2.05) is 19.1 Å². The Hall–Kier alpha value is -1.77. The molecule has 1 heterocycles. The Morgan fingerprint density at radius 1 is 1.59 bits per heavy atom. The van der Waals surface area contributed by atoms with Crippen molar-refractivity contribution in [1.82, 2.24) is 0 Å². The van der Waals surface area contributed by atoms with Gasteiger partial charge >= 0.3 is 5.97 Å². The van der Waals surface area contributed by atoms with E-state index in [-0.39, 0.29) is 12.2 Å². The van der Waals surface area contributed by atoms with E-state index in [1.165, 1.54) is 0 Å². The molecule has 0 aromatic heterocycles. The number of allylic oxidation sites excluding steroid dienone is 5. The van der Waals surface area contributed by atoms with Gasteiger partial charge in [-0.25, -0.2) is 4.79 Å². The zero-order chi connectivity index (χ0) is 13.0. The van der Waals surface area contributed by atoms with Crippen molar-refractivity contribution in [1.29, 1.82) is 0 Å². The lowest BCUT2D eigenvalue weighted by Gasteiger charge is -2.15. The van der Waals surface area contributed by atoms with Crippen LogP contribution in [0.2, 0.25) is 0 Å². The molecule has 0 aliphatic carbocycles. The number of hydrogen-bond donors (Lipinski definition) is 1. The second-order valence-corrected chi connectivity index (χ2v) is 4.37. The molecule has 0 bridgehead atoms. The maximum absolute atomic E-state index is 10.8. The molecule has 0 unspecified atom stereocenters. The molecule has 3 heteroatoms. The minimum absolute atomic E-state index is 0.112. The fourth-order valence-electron chi connectivity index (χ4n) is 1.32. The van der Waals surface area contributed by atoms with Gasteiger partial charge in [0.15, 0.2) is 0 Å². The smallest absolute Gasteiger partial charge is 0.335 e. The molecule has 92 valence electrons. The molecule has 0 amide bonds. The SMILES string of the molecule is C=C(/C=C\C1=C(C)C=C(C(=O)O)CO1)C(C)C. The Morgan fingerprint density at radius 2 is 2.24 bits per heavy atom. The molecule has 1 rings (SSSR count). The first-order valence-corrected chi connectivity index (χ1v) is 5.56. The van der Waals surface area contributed by atoms with E-state index < -0.39 is 5.97 Å². The number of rotatable bonds is 4. The summed E-state index contributed by atoms with van der Waals surface area (Å²) in [4.78, 5) is 10.8. The van der Waals surface area contributed by atoms with Crippen molar-refractivity contribution in [2.24, 2.45) is 5.92 Å². The summed E-state index contributed by atoms with van der Waals surface area (Å²) in [6, 6.07) is 0. The van der Waals surface area contributed by atoms with Gasteiger partial charge in [-0.1, -0.05) is 32.1 Å². The van der Waals surface area contributed by atoms with Gasteiger partial charge in [-0.2, -0.15) is 0 Å². The maximum atomic E-state index is 10.8. The van der Waals surface area contributed by atoms with Crippen LogP contribution in [0.3, 0.4) is 0 Å². The summed E-state index contributed by atoms with van der Waals surface area (Å²) in [6.45, 7) is 10.0. The van der Waals surface area contributed by atoms with Gasteiger partial charge in [0.2, 0.25) is 0 Å². The quantitative estimate of drug-likeness (QED) is 0.760.